The van der Waals surface area contributed by atoms with Gasteiger partial charge in [0.2, 0.25) is 0 Å². The van der Waals surface area contributed by atoms with Crippen LogP contribution < -0.4 is 21.7 Å². The van der Waals surface area contributed by atoms with Gasteiger partial charge in [0, 0.05) is 19.1 Å². The molecule has 5 heteroatoms. The Morgan fingerprint density at radius 3 is 3.00 bits per heavy atom. The van der Waals surface area contributed by atoms with Crippen LogP contribution in [0.1, 0.15) is 19.3 Å². The second kappa shape index (κ2) is 6.62. The zero-order valence-corrected chi connectivity index (χ0v) is 8.51. The molecule has 0 aliphatic carbocycles. The summed E-state index contributed by atoms with van der Waals surface area (Å²) in [4.78, 5) is 11.2. The van der Waals surface area contributed by atoms with Crippen molar-refractivity contribution in [3.05, 3.63) is 0 Å². The van der Waals surface area contributed by atoms with E-state index in [1.54, 1.807) is 0 Å². The Bertz CT molecular complexity index is 168. The Kier molecular flexibility index (Phi) is 5.32. The van der Waals surface area contributed by atoms with E-state index in [4.69, 9.17) is 5.73 Å². The Hall–Kier alpha value is -0.810. The predicted molar refractivity (Wildman–Crippen MR) is 56.1 cm³/mol. The van der Waals surface area contributed by atoms with Crippen LogP contribution >= 0.6 is 0 Å². The summed E-state index contributed by atoms with van der Waals surface area (Å²) in [6.07, 6.45) is 3.19. The van der Waals surface area contributed by atoms with Gasteiger partial charge in [-0.25, -0.2) is 4.79 Å². The molecule has 0 radical (unpaired) electrons. The van der Waals surface area contributed by atoms with Crippen LogP contribution in [0.2, 0.25) is 0 Å². The number of carbonyl (C=O) groups excluding carboxylic acids is 1. The fourth-order valence-electron chi connectivity index (χ4n) is 1.51. The van der Waals surface area contributed by atoms with Crippen molar-refractivity contribution in [2.75, 3.05) is 26.2 Å². The number of rotatable bonds is 5. The lowest BCUT2D eigenvalue weighted by atomic mass is 10.2. The highest BCUT2D eigenvalue weighted by Gasteiger charge is 2.13. The van der Waals surface area contributed by atoms with Crippen LogP contribution in [0.15, 0.2) is 0 Å². The Morgan fingerprint density at radius 2 is 2.36 bits per heavy atom. The highest BCUT2D eigenvalue weighted by atomic mass is 16.2. The molecule has 2 amide bonds. The first-order chi connectivity index (χ1) is 6.83. The number of carbonyl (C=O) groups is 1. The Balaban J connectivity index is 1.96. The Labute approximate surface area is 84.8 Å². The minimum Gasteiger partial charge on any atom is -0.338 e. The maximum absolute atomic E-state index is 11.2. The smallest absolute Gasteiger partial charge is 0.314 e. The van der Waals surface area contributed by atoms with Gasteiger partial charge in [0.15, 0.2) is 0 Å². The third-order valence-corrected chi connectivity index (χ3v) is 2.34. The van der Waals surface area contributed by atoms with Gasteiger partial charge in [-0.05, 0) is 32.4 Å². The quantitative estimate of drug-likeness (QED) is 0.447. The van der Waals surface area contributed by atoms with Crippen molar-refractivity contribution in [3.8, 4) is 0 Å². The van der Waals surface area contributed by atoms with Gasteiger partial charge in [-0.2, -0.15) is 0 Å². The van der Waals surface area contributed by atoms with Crippen LogP contribution in [0.25, 0.3) is 0 Å². The standard InChI is InChI=1S/C9H20N4O/c10-4-2-6-12-9(14)13-7-8-3-1-5-11-8/h8,11H,1-7,10H2,(H2,12,13,14). The number of hydrogen-bond acceptors (Lipinski definition) is 3. The minimum absolute atomic E-state index is 0.0906. The van der Waals surface area contributed by atoms with Crippen LogP contribution in [0, 0.1) is 0 Å². The molecule has 1 unspecified atom stereocenters. The normalized spacial score (nSPS) is 20.8. The molecule has 82 valence electrons. The molecule has 14 heavy (non-hydrogen) atoms. The molecule has 1 heterocycles. The number of nitrogens with one attached hydrogen (secondary N) is 3. The summed E-state index contributed by atoms with van der Waals surface area (Å²) >= 11 is 0. The molecule has 1 aliphatic rings. The van der Waals surface area contributed by atoms with Crippen molar-refractivity contribution in [3.63, 3.8) is 0 Å². The van der Waals surface area contributed by atoms with Gasteiger partial charge in [0.1, 0.15) is 0 Å². The molecule has 1 aliphatic heterocycles. The average molecular weight is 200 g/mol. The first kappa shape index (κ1) is 11.3. The van der Waals surface area contributed by atoms with E-state index in [1.807, 2.05) is 0 Å². The molecule has 5 nitrogen and oxygen atoms in total. The van der Waals surface area contributed by atoms with Gasteiger partial charge in [-0.15, -0.1) is 0 Å². The van der Waals surface area contributed by atoms with Gasteiger partial charge in [0.25, 0.3) is 0 Å². The van der Waals surface area contributed by atoms with Gasteiger partial charge >= 0.3 is 6.03 Å². The van der Waals surface area contributed by atoms with Crippen molar-refractivity contribution in [1.29, 1.82) is 0 Å². The van der Waals surface area contributed by atoms with Crippen molar-refractivity contribution in [1.82, 2.24) is 16.0 Å². The fraction of sp³-hybridized carbons (Fsp3) is 0.889. The highest BCUT2D eigenvalue weighted by molar-refractivity contribution is 5.73. The maximum Gasteiger partial charge on any atom is 0.314 e. The largest absolute Gasteiger partial charge is 0.338 e. The molecule has 0 aromatic rings. The second-order valence-corrected chi connectivity index (χ2v) is 3.57. The van der Waals surface area contributed by atoms with Crippen LogP contribution in [-0.4, -0.2) is 38.3 Å². The van der Waals surface area contributed by atoms with Crippen LogP contribution in [0.3, 0.4) is 0 Å². The lowest BCUT2D eigenvalue weighted by Crippen LogP contribution is -2.42. The zero-order valence-electron chi connectivity index (χ0n) is 8.51. The highest BCUT2D eigenvalue weighted by Crippen LogP contribution is 2.02. The monoisotopic (exact) mass is 200 g/mol. The first-order valence-electron chi connectivity index (χ1n) is 5.28. The lowest BCUT2D eigenvalue weighted by molar-refractivity contribution is 0.240. The van der Waals surface area contributed by atoms with E-state index in [0.717, 1.165) is 19.4 Å². The molecule has 5 N–H and O–H groups in total. The molecule has 0 aromatic carbocycles. The molecular formula is C9H20N4O. The van der Waals surface area contributed by atoms with E-state index in [2.05, 4.69) is 16.0 Å². The molecule has 0 bridgehead atoms. The number of nitrogens with two attached hydrogens (primary N) is 1. The van der Waals surface area contributed by atoms with Crippen molar-refractivity contribution in [2.45, 2.75) is 25.3 Å². The maximum atomic E-state index is 11.2. The minimum atomic E-state index is -0.0906. The molecular weight excluding hydrogens is 180 g/mol. The molecule has 0 aromatic heterocycles. The van der Waals surface area contributed by atoms with E-state index in [0.29, 0.717) is 25.7 Å². The van der Waals surface area contributed by atoms with Crippen molar-refractivity contribution < 1.29 is 4.79 Å². The summed E-state index contributed by atoms with van der Waals surface area (Å²) in [6.45, 7) is 3.06. The topological polar surface area (TPSA) is 79.2 Å². The van der Waals surface area contributed by atoms with Gasteiger partial charge in [-0.3, -0.25) is 0 Å². The third kappa shape index (κ3) is 4.43. The summed E-state index contributed by atoms with van der Waals surface area (Å²) in [6, 6.07) is 0.363. The fourth-order valence-corrected chi connectivity index (χ4v) is 1.51. The van der Waals surface area contributed by atoms with Gasteiger partial charge in [-0.1, -0.05) is 0 Å². The van der Waals surface area contributed by atoms with E-state index in [9.17, 15) is 4.79 Å². The SMILES string of the molecule is NCCCNC(=O)NCC1CCCN1. The number of urea groups is 1. The van der Waals surface area contributed by atoms with Gasteiger partial charge < -0.3 is 21.7 Å². The average Bonchev–Trinajstić information content (AvgIpc) is 2.68. The van der Waals surface area contributed by atoms with E-state index in [-0.39, 0.29) is 6.03 Å². The molecule has 1 rings (SSSR count). The molecule has 1 atom stereocenters. The summed E-state index contributed by atoms with van der Waals surface area (Å²) in [7, 11) is 0. The van der Waals surface area contributed by atoms with Crippen LogP contribution in [-0.2, 0) is 0 Å². The Morgan fingerprint density at radius 1 is 1.50 bits per heavy atom. The predicted octanol–water partition coefficient (Wildman–Crippen LogP) is -0.614. The zero-order chi connectivity index (χ0) is 10.2. The number of amides is 2. The summed E-state index contributed by atoms with van der Waals surface area (Å²) in [5, 5.41) is 8.90. The molecule has 1 fully saturated rings. The van der Waals surface area contributed by atoms with E-state index >= 15 is 0 Å². The molecule has 0 saturated carbocycles. The van der Waals surface area contributed by atoms with Crippen LogP contribution in [0.4, 0.5) is 4.79 Å². The summed E-state index contributed by atoms with van der Waals surface area (Å²) < 4.78 is 0. The molecule has 1 saturated heterocycles. The third-order valence-electron chi connectivity index (χ3n) is 2.34. The van der Waals surface area contributed by atoms with Crippen molar-refractivity contribution in [2.24, 2.45) is 5.73 Å². The van der Waals surface area contributed by atoms with Gasteiger partial charge in [0.05, 0.1) is 0 Å². The van der Waals surface area contributed by atoms with E-state index < -0.39 is 0 Å². The lowest BCUT2D eigenvalue weighted by Gasteiger charge is -2.11. The first-order valence-corrected chi connectivity index (χ1v) is 5.28. The molecule has 0 spiro atoms. The number of hydrogen-bond donors (Lipinski definition) is 4. The van der Waals surface area contributed by atoms with Crippen LogP contribution in [0.5, 0.6) is 0 Å². The summed E-state index contributed by atoms with van der Waals surface area (Å²) in [5.74, 6) is 0. The van der Waals surface area contributed by atoms with Crippen molar-refractivity contribution >= 4 is 6.03 Å². The van der Waals surface area contributed by atoms with E-state index in [1.165, 1.54) is 6.42 Å². The second-order valence-electron chi connectivity index (χ2n) is 3.57. The summed E-state index contributed by atoms with van der Waals surface area (Å²) in [5.41, 5.74) is 5.31.